The summed E-state index contributed by atoms with van der Waals surface area (Å²) in [5.74, 6) is -0.475. The molecule has 26 heavy (non-hydrogen) atoms. The van der Waals surface area contributed by atoms with Crippen LogP contribution in [0.1, 0.15) is 12.0 Å². The maximum absolute atomic E-state index is 12.8. The molecule has 1 heterocycles. The fraction of sp³-hybridized carbons (Fsp3) is 0.294. The van der Waals surface area contributed by atoms with Gasteiger partial charge in [-0.25, -0.2) is 8.42 Å². The molecular weight excluding hydrogens is 369 g/mol. The van der Waals surface area contributed by atoms with Gasteiger partial charge in [0.1, 0.15) is 5.75 Å². The third-order valence-corrected chi connectivity index (χ3v) is 5.73. The Morgan fingerprint density at radius 1 is 1.04 bits per heavy atom. The predicted molar refractivity (Wildman–Crippen MR) is 89.1 cm³/mol. The molecule has 3 rings (SSSR count). The largest absolute Gasteiger partial charge is 0.573 e. The normalized spacial score (nSPS) is 20.9. The molecule has 1 atom stereocenters. The van der Waals surface area contributed by atoms with E-state index in [0.717, 1.165) is 29.8 Å². The number of hydrogen-bond donors (Lipinski definition) is 2. The van der Waals surface area contributed by atoms with Gasteiger partial charge in [-0.15, -0.1) is 13.2 Å². The summed E-state index contributed by atoms with van der Waals surface area (Å²) >= 11 is 0. The maximum Gasteiger partial charge on any atom is 0.573 e. The number of halogens is 3. The summed E-state index contributed by atoms with van der Waals surface area (Å²) < 4.78 is 68.7. The van der Waals surface area contributed by atoms with Crippen LogP contribution in [0.2, 0.25) is 0 Å². The number of ether oxygens (including phenoxy) is 1. The lowest BCUT2D eigenvalue weighted by Crippen LogP contribution is -2.47. The summed E-state index contributed by atoms with van der Waals surface area (Å²) in [5.41, 5.74) is 0.0203. The number of sulfonamides is 1. The lowest BCUT2D eigenvalue weighted by molar-refractivity contribution is -0.274. The highest BCUT2D eigenvalue weighted by atomic mass is 32.2. The van der Waals surface area contributed by atoms with Gasteiger partial charge in [-0.3, -0.25) is 0 Å². The Morgan fingerprint density at radius 3 is 2.23 bits per heavy atom. The first-order valence-electron chi connectivity index (χ1n) is 7.86. The van der Waals surface area contributed by atoms with Gasteiger partial charge in [0.25, 0.3) is 0 Å². The van der Waals surface area contributed by atoms with Crippen molar-refractivity contribution in [3.05, 3.63) is 60.2 Å². The molecular formula is C17H17F3N2O3S. The SMILES string of the molecule is O=S(=O)(N[C@@]1(c2ccccc2)CCNC1)c1ccc(OC(F)(F)F)cc1. The quantitative estimate of drug-likeness (QED) is 0.829. The second kappa shape index (κ2) is 6.90. The zero-order chi connectivity index (χ0) is 18.8. The van der Waals surface area contributed by atoms with Gasteiger partial charge in [0.15, 0.2) is 0 Å². The van der Waals surface area contributed by atoms with Crippen LogP contribution in [0.25, 0.3) is 0 Å². The minimum Gasteiger partial charge on any atom is -0.406 e. The Balaban J connectivity index is 1.86. The molecule has 0 unspecified atom stereocenters. The standard InChI is InChI=1S/C17H17F3N2O3S/c18-17(19,20)25-14-6-8-15(9-7-14)26(23,24)22-16(10-11-21-12-16)13-4-2-1-3-5-13/h1-9,21-22H,10-12H2/t16-/m0/s1. The first kappa shape index (κ1) is 18.7. The molecule has 1 fully saturated rings. The van der Waals surface area contributed by atoms with Crippen LogP contribution in [-0.2, 0) is 15.6 Å². The first-order chi connectivity index (χ1) is 12.2. The van der Waals surface area contributed by atoms with Crippen molar-refractivity contribution in [2.24, 2.45) is 0 Å². The minimum absolute atomic E-state index is 0.130. The molecule has 1 aliphatic heterocycles. The van der Waals surface area contributed by atoms with Crippen LogP contribution in [0.3, 0.4) is 0 Å². The molecule has 0 amide bonds. The van der Waals surface area contributed by atoms with E-state index in [1.54, 1.807) is 0 Å². The number of nitrogens with one attached hydrogen (secondary N) is 2. The summed E-state index contributed by atoms with van der Waals surface area (Å²) in [4.78, 5) is -0.130. The highest BCUT2D eigenvalue weighted by Gasteiger charge is 2.39. The smallest absolute Gasteiger partial charge is 0.406 e. The summed E-state index contributed by atoms with van der Waals surface area (Å²) in [7, 11) is -3.94. The monoisotopic (exact) mass is 386 g/mol. The second-order valence-corrected chi connectivity index (χ2v) is 7.68. The Hall–Kier alpha value is -2.10. The van der Waals surface area contributed by atoms with Crippen LogP contribution in [0, 0.1) is 0 Å². The Kier molecular flexibility index (Phi) is 4.96. The van der Waals surface area contributed by atoms with Gasteiger partial charge in [-0.2, -0.15) is 4.72 Å². The van der Waals surface area contributed by atoms with E-state index in [9.17, 15) is 21.6 Å². The molecule has 0 spiro atoms. The number of alkyl halides is 3. The Bertz CT molecular complexity index is 847. The van der Waals surface area contributed by atoms with Crippen molar-refractivity contribution in [3.8, 4) is 5.75 Å². The number of rotatable bonds is 5. The maximum atomic E-state index is 12.8. The molecule has 1 saturated heterocycles. The zero-order valence-electron chi connectivity index (χ0n) is 13.6. The van der Waals surface area contributed by atoms with Crippen LogP contribution in [0.4, 0.5) is 13.2 Å². The van der Waals surface area contributed by atoms with Crippen LogP contribution < -0.4 is 14.8 Å². The molecule has 1 aliphatic rings. The highest BCUT2D eigenvalue weighted by molar-refractivity contribution is 7.89. The Labute approximate surface area is 149 Å². The summed E-state index contributed by atoms with van der Waals surface area (Å²) in [6.45, 7) is 1.07. The van der Waals surface area contributed by atoms with Crippen LogP contribution in [-0.4, -0.2) is 27.9 Å². The number of hydrogen-bond acceptors (Lipinski definition) is 4. The molecule has 0 bridgehead atoms. The summed E-state index contributed by atoms with van der Waals surface area (Å²) in [6.07, 6.45) is -4.27. The number of benzene rings is 2. The summed E-state index contributed by atoms with van der Waals surface area (Å²) in [5, 5.41) is 3.15. The van der Waals surface area contributed by atoms with Gasteiger partial charge in [0, 0.05) is 6.54 Å². The third kappa shape index (κ3) is 4.17. The van der Waals surface area contributed by atoms with Gasteiger partial charge in [0.05, 0.1) is 10.4 Å². The van der Waals surface area contributed by atoms with Crippen molar-refractivity contribution in [3.63, 3.8) is 0 Å². The van der Waals surface area contributed by atoms with Crippen molar-refractivity contribution >= 4 is 10.0 Å². The van der Waals surface area contributed by atoms with Crippen molar-refractivity contribution in [1.29, 1.82) is 0 Å². The molecule has 9 heteroatoms. The van der Waals surface area contributed by atoms with Crippen molar-refractivity contribution in [1.82, 2.24) is 10.0 Å². The van der Waals surface area contributed by atoms with Gasteiger partial charge >= 0.3 is 6.36 Å². The molecule has 0 aliphatic carbocycles. The van der Waals surface area contributed by atoms with Crippen LogP contribution in [0.5, 0.6) is 5.75 Å². The van der Waals surface area contributed by atoms with Crippen molar-refractivity contribution in [2.45, 2.75) is 23.2 Å². The van der Waals surface area contributed by atoms with E-state index in [4.69, 9.17) is 0 Å². The van der Waals surface area contributed by atoms with E-state index in [1.807, 2.05) is 30.3 Å². The molecule has 2 aromatic rings. The topological polar surface area (TPSA) is 67.4 Å². The van der Waals surface area contributed by atoms with Crippen LogP contribution in [0.15, 0.2) is 59.5 Å². The van der Waals surface area contributed by atoms with E-state index >= 15 is 0 Å². The van der Waals surface area contributed by atoms with Crippen molar-refractivity contribution < 1.29 is 26.3 Å². The van der Waals surface area contributed by atoms with Gasteiger partial charge in [0.2, 0.25) is 10.0 Å². The van der Waals surface area contributed by atoms with Crippen LogP contribution >= 0.6 is 0 Å². The molecule has 2 N–H and O–H groups in total. The molecule has 0 radical (unpaired) electrons. The molecule has 5 nitrogen and oxygen atoms in total. The van der Waals surface area contributed by atoms with E-state index in [-0.39, 0.29) is 4.90 Å². The van der Waals surface area contributed by atoms with Crippen molar-refractivity contribution in [2.75, 3.05) is 13.1 Å². The van der Waals surface area contributed by atoms with E-state index in [2.05, 4.69) is 14.8 Å². The van der Waals surface area contributed by atoms with Gasteiger partial charge in [-0.1, -0.05) is 30.3 Å². The second-order valence-electron chi connectivity index (χ2n) is 6.00. The molecule has 140 valence electrons. The fourth-order valence-corrected chi connectivity index (χ4v) is 4.40. The minimum atomic E-state index is -4.83. The predicted octanol–water partition coefficient (Wildman–Crippen LogP) is 2.75. The van der Waals surface area contributed by atoms with Gasteiger partial charge in [-0.05, 0) is 42.8 Å². The van der Waals surface area contributed by atoms with E-state index in [0.29, 0.717) is 19.5 Å². The fourth-order valence-electron chi connectivity index (χ4n) is 2.98. The third-order valence-electron chi connectivity index (χ3n) is 4.18. The first-order valence-corrected chi connectivity index (χ1v) is 9.35. The highest BCUT2D eigenvalue weighted by Crippen LogP contribution is 2.30. The average Bonchev–Trinajstić information content (AvgIpc) is 3.04. The lowest BCUT2D eigenvalue weighted by Gasteiger charge is -2.30. The zero-order valence-corrected chi connectivity index (χ0v) is 14.4. The average molecular weight is 386 g/mol. The molecule has 0 saturated carbocycles. The summed E-state index contributed by atoms with van der Waals surface area (Å²) in [6, 6.07) is 13.3. The van der Waals surface area contributed by atoms with E-state index < -0.39 is 27.7 Å². The molecule has 2 aromatic carbocycles. The van der Waals surface area contributed by atoms with E-state index in [1.165, 1.54) is 0 Å². The van der Waals surface area contributed by atoms with Gasteiger partial charge < -0.3 is 10.1 Å². The lowest BCUT2D eigenvalue weighted by atomic mass is 9.90. The molecule has 0 aromatic heterocycles. The Morgan fingerprint density at radius 2 is 1.69 bits per heavy atom.